The van der Waals surface area contributed by atoms with Crippen molar-refractivity contribution in [2.45, 2.75) is 26.0 Å². The monoisotopic (exact) mass is 241 g/mol. The molecule has 0 heterocycles. The van der Waals surface area contributed by atoms with Crippen LogP contribution in [0.2, 0.25) is 0 Å². The van der Waals surface area contributed by atoms with Gasteiger partial charge in [0.15, 0.2) is 0 Å². The van der Waals surface area contributed by atoms with E-state index in [0.717, 1.165) is 0 Å². The normalized spacial score (nSPS) is 14.8. The molecule has 96 valence electrons. The van der Waals surface area contributed by atoms with Crippen molar-refractivity contribution >= 4 is 0 Å². The molecule has 0 spiro atoms. The lowest BCUT2D eigenvalue weighted by Gasteiger charge is -2.26. The first-order valence-electron chi connectivity index (χ1n) is 5.63. The van der Waals surface area contributed by atoms with E-state index < -0.39 is 6.04 Å². The molecule has 0 bridgehead atoms. The number of benzene rings is 1. The summed E-state index contributed by atoms with van der Waals surface area (Å²) in [6, 6.07) is 4.20. The Kier molecular flexibility index (Phi) is 4.90. The van der Waals surface area contributed by atoms with Gasteiger partial charge < -0.3 is 15.2 Å². The van der Waals surface area contributed by atoms with Crippen LogP contribution >= 0.6 is 0 Å². The maximum atomic E-state index is 13.8. The molecule has 0 radical (unpaired) electrons. The minimum atomic E-state index is -0.481. The van der Waals surface area contributed by atoms with E-state index in [9.17, 15) is 4.39 Å². The molecule has 2 unspecified atom stereocenters. The van der Waals surface area contributed by atoms with E-state index in [1.807, 2.05) is 13.8 Å². The van der Waals surface area contributed by atoms with Gasteiger partial charge in [0.25, 0.3) is 0 Å². The third-order valence-corrected chi connectivity index (χ3v) is 2.85. The molecule has 0 aliphatic heterocycles. The van der Waals surface area contributed by atoms with E-state index in [2.05, 4.69) is 0 Å². The Bertz CT molecular complexity index is 368. The molecule has 0 fully saturated rings. The number of rotatable bonds is 5. The number of nitrogens with two attached hydrogens (primary N) is 1. The van der Waals surface area contributed by atoms with Crippen molar-refractivity contribution in [3.63, 3.8) is 0 Å². The summed E-state index contributed by atoms with van der Waals surface area (Å²) in [7, 11) is 3.09. The molecular weight excluding hydrogens is 221 g/mol. The van der Waals surface area contributed by atoms with Gasteiger partial charge in [0.1, 0.15) is 11.6 Å². The van der Waals surface area contributed by atoms with E-state index in [-0.39, 0.29) is 17.8 Å². The number of halogens is 1. The molecule has 1 rings (SSSR count). The average Bonchev–Trinajstić information content (AvgIpc) is 2.28. The van der Waals surface area contributed by atoms with Crippen molar-refractivity contribution in [3.8, 4) is 5.75 Å². The molecule has 0 aliphatic carbocycles. The summed E-state index contributed by atoms with van der Waals surface area (Å²) in [6.07, 6.45) is -0.210. The van der Waals surface area contributed by atoms with Gasteiger partial charge in [-0.25, -0.2) is 4.39 Å². The summed E-state index contributed by atoms with van der Waals surface area (Å²) in [5.41, 5.74) is 6.49. The standard InChI is InChI=1S/C13H20FNO2/c1-8(2)13(17-4)12(15)10-6-5-9(16-3)7-11(10)14/h5-8,12-13H,15H2,1-4H3. The molecule has 0 amide bonds. The van der Waals surface area contributed by atoms with Crippen LogP contribution in [0.1, 0.15) is 25.5 Å². The highest BCUT2D eigenvalue weighted by Crippen LogP contribution is 2.26. The van der Waals surface area contributed by atoms with E-state index in [1.54, 1.807) is 19.2 Å². The van der Waals surface area contributed by atoms with Crippen molar-refractivity contribution in [3.05, 3.63) is 29.6 Å². The molecule has 2 N–H and O–H groups in total. The quantitative estimate of drug-likeness (QED) is 0.861. The van der Waals surface area contributed by atoms with Gasteiger partial charge in [0.2, 0.25) is 0 Å². The summed E-state index contributed by atoms with van der Waals surface area (Å²) in [5, 5.41) is 0. The summed E-state index contributed by atoms with van der Waals surface area (Å²) in [4.78, 5) is 0. The molecule has 0 aromatic heterocycles. The highest BCUT2D eigenvalue weighted by molar-refractivity contribution is 5.31. The fourth-order valence-electron chi connectivity index (χ4n) is 1.92. The van der Waals surface area contributed by atoms with E-state index in [4.69, 9.17) is 15.2 Å². The van der Waals surface area contributed by atoms with Crippen molar-refractivity contribution in [2.24, 2.45) is 11.7 Å². The predicted molar refractivity (Wildman–Crippen MR) is 65.5 cm³/mol. The molecule has 4 heteroatoms. The molecule has 0 aliphatic rings. The SMILES string of the molecule is COc1ccc(C(N)C(OC)C(C)C)c(F)c1. The Hall–Kier alpha value is -1.13. The third-order valence-electron chi connectivity index (χ3n) is 2.85. The second-order valence-corrected chi connectivity index (χ2v) is 4.36. The lowest BCUT2D eigenvalue weighted by Crippen LogP contribution is -2.33. The van der Waals surface area contributed by atoms with Crippen LogP contribution in [0, 0.1) is 11.7 Å². The number of methoxy groups -OCH3 is 2. The van der Waals surface area contributed by atoms with Crippen LogP contribution in [-0.2, 0) is 4.74 Å². The Balaban J connectivity index is 2.99. The topological polar surface area (TPSA) is 44.5 Å². The van der Waals surface area contributed by atoms with Crippen molar-refractivity contribution in [1.82, 2.24) is 0 Å². The van der Waals surface area contributed by atoms with E-state index in [1.165, 1.54) is 13.2 Å². The molecule has 1 aromatic carbocycles. The molecular formula is C13H20FNO2. The number of hydrogen-bond acceptors (Lipinski definition) is 3. The van der Waals surface area contributed by atoms with Crippen LogP contribution in [0.15, 0.2) is 18.2 Å². The average molecular weight is 241 g/mol. The van der Waals surface area contributed by atoms with E-state index >= 15 is 0 Å². The number of ether oxygens (including phenoxy) is 2. The lowest BCUT2D eigenvalue weighted by molar-refractivity contribution is 0.0428. The molecule has 17 heavy (non-hydrogen) atoms. The minimum absolute atomic E-state index is 0.210. The molecule has 0 saturated carbocycles. The van der Waals surface area contributed by atoms with Crippen LogP contribution in [0.4, 0.5) is 4.39 Å². The molecule has 2 atom stereocenters. The smallest absolute Gasteiger partial charge is 0.131 e. The Morgan fingerprint density at radius 2 is 1.88 bits per heavy atom. The van der Waals surface area contributed by atoms with Crippen LogP contribution in [0.5, 0.6) is 5.75 Å². The molecule has 0 saturated heterocycles. The highest BCUT2D eigenvalue weighted by atomic mass is 19.1. The zero-order valence-electron chi connectivity index (χ0n) is 10.7. The minimum Gasteiger partial charge on any atom is -0.497 e. The van der Waals surface area contributed by atoms with Crippen LogP contribution in [-0.4, -0.2) is 20.3 Å². The van der Waals surface area contributed by atoms with Gasteiger partial charge in [-0.2, -0.15) is 0 Å². The molecule has 3 nitrogen and oxygen atoms in total. The maximum Gasteiger partial charge on any atom is 0.131 e. The summed E-state index contributed by atoms with van der Waals surface area (Å²) >= 11 is 0. The van der Waals surface area contributed by atoms with Crippen molar-refractivity contribution in [1.29, 1.82) is 0 Å². The highest BCUT2D eigenvalue weighted by Gasteiger charge is 2.24. The van der Waals surface area contributed by atoms with Crippen LogP contribution < -0.4 is 10.5 Å². The zero-order valence-corrected chi connectivity index (χ0v) is 10.7. The zero-order chi connectivity index (χ0) is 13.0. The first-order chi connectivity index (χ1) is 8.01. The van der Waals surface area contributed by atoms with Crippen LogP contribution in [0.3, 0.4) is 0 Å². The van der Waals surface area contributed by atoms with Gasteiger partial charge in [-0.05, 0) is 12.0 Å². The Labute approximate surface area is 102 Å². The van der Waals surface area contributed by atoms with Crippen LogP contribution in [0.25, 0.3) is 0 Å². The van der Waals surface area contributed by atoms with Gasteiger partial charge in [-0.15, -0.1) is 0 Å². The first-order valence-corrected chi connectivity index (χ1v) is 5.63. The van der Waals surface area contributed by atoms with Gasteiger partial charge in [0.05, 0.1) is 19.3 Å². The summed E-state index contributed by atoms with van der Waals surface area (Å²) in [6.45, 7) is 3.99. The predicted octanol–water partition coefficient (Wildman–Crippen LogP) is 2.51. The van der Waals surface area contributed by atoms with Crippen molar-refractivity contribution in [2.75, 3.05) is 14.2 Å². The Morgan fingerprint density at radius 1 is 1.24 bits per heavy atom. The van der Waals surface area contributed by atoms with Crippen molar-refractivity contribution < 1.29 is 13.9 Å². The fourth-order valence-corrected chi connectivity index (χ4v) is 1.92. The second-order valence-electron chi connectivity index (χ2n) is 4.36. The summed E-state index contributed by atoms with van der Waals surface area (Å²) < 4.78 is 24.1. The van der Waals surface area contributed by atoms with E-state index in [0.29, 0.717) is 11.3 Å². The largest absolute Gasteiger partial charge is 0.497 e. The summed E-state index contributed by atoms with van der Waals surface area (Å²) in [5.74, 6) is 0.341. The Morgan fingerprint density at radius 3 is 2.29 bits per heavy atom. The lowest BCUT2D eigenvalue weighted by atomic mass is 9.94. The molecule has 1 aromatic rings. The van der Waals surface area contributed by atoms with Gasteiger partial charge in [0, 0.05) is 18.7 Å². The van der Waals surface area contributed by atoms with Gasteiger partial charge in [-0.1, -0.05) is 19.9 Å². The first kappa shape index (κ1) is 13.9. The maximum absolute atomic E-state index is 13.8. The van der Waals surface area contributed by atoms with Gasteiger partial charge in [-0.3, -0.25) is 0 Å². The second kappa shape index (κ2) is 5.98. The number of hydrogen-bond donors (Lipinski definition) is 1. The van der Waals surface area contributed by atoms with Gasteiger partial charge >= 0.3 is 0 Å². The fraction of sp³-hybridized carbons (Fsp3) is 0.538. The third kappa shape index (κ3) is 3.17.